The van der Waals surface area contributed by atoms with Crippen LogP contribution in [0.2, 0.25) is 5.02 Å². The van der Waals surface area contributed by atoms with Gasteiger partial charge in [-0.15, -0.1) is 0 Å². The second-order valence-corrected chi connectivity index (χ2v) is 8.24. The largest absolute Gasteiger partial charge is 0.352 e. The van der Waals surface area contributed by atoms with E-state index in [2.05, 4.69) is 26.6 Å². The summed E-state index contributed by atoms with van der Waals surface area (Å²) in [5.41, 5.74) is 1.49. The smallest absolute Gasteiger partial charge is 0.253 e. The van der Waals surface area contributed by atoms with Crippen molar-refractivity contribution in [2.45, 2.75) is 39.3 Å². The van der Waals surface area contributed by atoms with Crippen molar-refractivity contribution >= 4 is 39.3 Å². The number of rotatable bonds is 7. The normalized spacial score (nSPS) is 13.1. The van der Waals surface area contributed by atoms with Gasteiger partial charge in [-0.25, -0.2) is 0 Å². The molecule has 0 aromatic heterocycles. The fraction of sp³-hybridized carbons (Fsp3) is 0.333. The van der Waals surface area contributed by atoms with Gasteiger partial charge in [0.25, 0.3) is 5.91 Å². The molecule has 0 radical (unpaired) electrons. The average Bonchev–Trinajstić information content (AvgIpc) is 2.61. The third-order valence-electron chi connectivity index (χ3n) is 4.20. The Hall–Kier alpha value is -1.85. The summed E-state index contributed by atoms with van der Waals surface area (Å²) < 4.78 is 1.02. The van der Waals surface area contributed by atoms with E-state index in [1.165, 1.54) is 0 Å². The Bertz CT molecular complexity index is 793. The van der Waals surface area contributed by atoms with Gasteiger partial charge in [0.1, 0.15) is 6.04 Å². The minimum absolute atomic E-state index is 0.0582. The summed E-state index contributed by atoms with van der Waals surface area (Å²) in [5, 5.41) is 6.17. The van der Waals surface area contributed by atoms with Crippen molar-refractivity contribution in [1.29, 1.82) is 0 Å². The van der Waals surface area contributed by atoms with Gasteiger partial charge in [0.15, 0.2) is 0 Å². The second kappa shape index (κ2) is 9.90. The molecule has 0 saturated heterocycles. The lowest BCUT2D eigenvalue weighted by Gasteiger charge is -2.24. The fourth-order valence-electron chi connectivity index (χ4n) is 2.76. The maximum atomic E-state index is 12.7. The monoisotopic (exact) mass is 450 g/mol. The standard InChI is InChI=1S/C21H24BrClN2O2/c1-13(2)19(25-20(26)17-6-4-5-7-18(17)23)21(27)24-14(3)12-15-8-10-16(22)11-9-15/h4-11,13-14,19H,12H2,1-3H3,(H,24,27)(H,25,26). The van der Waals surface area contributed by atoms with E-state index in [0.29, 0.717) is 17.0 Å². The zero-order valence-corrected chi connectivity index (χ0v) is 18.0. The summed E-state index contributed by atoms with van der Waals surface area (Å²) in [6, 6.07) is 14.1. The first-order valence-electron chi connectivity index (χ1n) is 8.88. The van der Waals surface area contributed by atoms with Crippen LogP contribution < -0.4 is 10.6 Å². The van der Waals surface area contributed by atoms with E-state index in [9.17, 15) is 9.59 Å². The van der Waals surface area contributed by atoms with E-state index in [0.717, 1.165) is 10.0 Å². The summed E-state index contributed by atoms with van der Waals surface area (Å²) in [6.07, 6.45) is 0.711. The van der Waals surface area contributed by atoms with Crippen LogP contribution in [-0.2, 0) is 11.2 Å². The van der Waals surface area contributed by atoms with Gasteiger partial charge in [-0.2, -0.15) is 0 Å². The molecule has 2 rings (SSSR count). The molecule has 2 aromatic rings. The van der Waals surface area contributed by atoms with Gasteiger partial charge in [0.05, 0.1) is 10.6 Å². The minimum Gasteiger partial charge on any atom is -0.352 e. The molecule has 0 fully saturated rings. The number of carbonyl (C=O) groups is 2. The Balaban J connectivity index is 2.00. The Morgan fingerprint density at radius 2 is 1.63 bits per heavy atom. The number of halogens is 2. The number of nitrogens with one attached hydrogen (secondary N) is 2. The molecule has 0 aliphatic heterocycles. The van der Waals surface area contributed by atoms with Crippen LogP contribution in [0.1, 0.15) is 36.7 Å². The predicted octanol–water partition coefficient (Wildman–Crippen LogP) is 4.60. The first-order chi connectivity index (χ1) is 12.8. The first-order valence-corrected chi connectivity index (χ1v) is 10.0. The zero-order chi connectivity index (χ0) is 20.0. The van der Waals surface area contributed by atoms with E-state index in [4.69, 9.17) is 11.6 Å². The van der Waals surface area contributed by atoms with Crippen molar-refractivity contribution in [1.82, 2.24) is 10.6 Å². The fourth-order valence-corrected chi connectivity index (χ4v) is 3.24. The molecule has 0 aliphatic carbocycles. The van der Waals surface area contributed by atoms with Crippen molar-refractivity contribution in [2.75, 3.05) is 0 Å². The summed E-state index contributed by atoms with van der Waals surface area (Å²) in [7, 11) is 0. The molecule has 6 heteroatoms. The van der Waals surface area contributed by atoms with E-state index in [1.54, 1.807) is 24.3 Å². The summed E-state index contributed by atoms with van der Waals surface area (Å²) in [4.78, 5) is 25.2. The highest BCUT2D eigenvalue weighted by Gasteiger charge is 2.26. The second-order valence-electron chi connectivity index (χ2n) is 6.92. The molecule has 2 amide bonds. The molecule has 2 aromatic carbocycles. The lowest BCUT2D eigenvalue weighted by molar-refractivity contribution is -0.124. The molecule has 2 unspecified atom stereocenters. The van der Waals surface area contributed by atoms with Crippen LogP contribution in [-0.4, -0.2) is 23.9 Å². The van der Waals surface area contributed by atoms with Gasteiger partial charge in [0.2, 0.25) is 5.91 Å². The van der Waals surface area contributed by atoms with Crippen LogP contribution in [0, 0.1) is 5.92 Å². The number of benzene rings is 2. The van der Waals surface area contributed by atoms with Gasteiger partial charge in [-0.3, -0.25) is 9.59 Å². The maximum absolute atomic E-state index is 12.7. The first kappa shape index (κ1) is 21.5. The molecule has 2 N–H and O–H groups in total. The number of carbonyl (C=O) groups excluding carboxylic acids is 2. The van der Waals surface area contributed by atoms with E-state index in [-0.39, 0.29) is 23.8 Å². The van der Waals surface area contributed by atoms with Crippen molar-refractivity contribution in [3.05, 3.63) is 69.2 Å². The molecule has 144 valence electrons. The number of hydrogen-bond donors (Lipinski definition) is 2. The molecule has 0 saturated carbocycles. The molecule has 27 heavy (non-hydrogen) atoms. The third kappa shape index (κ3) is 6.36. The minimum atomic E-state index is -0.638. The van der Waals surface area contributed by atoms with Crippen LogP contribution in [0.15, 0.2) is 53.0 Å². The van der Waals surface area contributed by atoms with E-state index >= 15 is 0 Å². The summed E-state index contributed by atoms with van der Waals surface area (Å²) in [6.45, 7) is 5.75. The van der Waals surface area contributed by atoms with Gasteiger partial charge >= 0.3 is 0 Å². The Morgan fingerprint density at radius 1 is 1.00 bits per heavy atom. The average molecular weight is 452 g/mol. The van der Waals surface area contributed by atoms with E-state index in [1.807, 2.05) is 45.0 Å². The summed E-state index contributed by atoms with van der Waals surface area (Å²) >= 11 is 9.50. The number of amides is 2. The SMILES string of the molecule is CC(Cc1ccc(Br)cc1)NC(=O)C(NC(=O)c1ccccc1Cl)C(C)C. The molecular weight excluding hydrogens is 428 g/mol. The van der Waals surface area contributed by atoms with Crippen molar-refractivity contribution in [3.8, 4) is 0 Å². The van der Waals surface area contributed by atoms with E-state index < -0.39 is 6.04 Å². The van der Waals surface area contributed by atoms with Crippen LogP contribution in [0.5, 0.6) is 0 Å². The molecule has 0 aliphatic rings. The Labute approximate surface area is 173 Å². The van der Waals surface area contributed by atoms with Crippen LogP contribution in [0.4, 0.5) is 0 Å². The van der Waals surface area contributed by atoms with Gasteiger partial charge in [-0.05, 0) is 49.1 Å². The van der Waals surface area contributed by atoms with Crippen LogP contribution in [0.25, 0.3) is 0 Å². The highest BCUT2D eigenvalue weighted by molar-refractivity contribution is 9.10. The van der Waals surface area contributed by atoms with Crippen LogP contribution in [0.3, 0.4) is 0 Å². The molecule has 0 spiro atoms. The van der Waals surface area contributed by atoms with Crippen molar-refractivity contribution in [3.63, 3.8) is 0 Å². The molecule has 0 bridgehead atoms. The quantitative estimate of drug-likeness (QED) is 0.646. The molecular formula is C21H24BrClN2O2. The Morgan fingerprint density at radius 3 is 2.22 bits per heavy atom. The van der Waals surface area contributed by atoms with Gasteiger partial charge in [-0.1, -0.05) is 65.6 Å². The van der Waals surface area contributed by atoms with Gasteiger partial charge in [0, 0.05) is 10.5 Å². The lowest BCUT2D eigenvalue weighted by atomic mass is 10.0. The van der Waals surface area contributed by atoms with Crippen molar-refractivity contribution in [2.24, 2.45) is 5.92 Å². The highest BCUT2D eigenvalue weighted by atomic mass is 79.9. The Kier molecular flexibility index (Phi) is 7.87. The molecule has 0 heterocycles. The zero-order valence-electron chi connectivity index (χ0n) is 15.6. The lowest BCUT2D eigenvalue weighted by Crippen LogP contribution is -2.52. The maximum Gasteiger partial charge on any atom is 0.253 e. The van der Waals surface area contributed by atoms with Crippen molar-refractivity contribution < 1.29 is 9.59 Å². The van der Waals surface area contributed by atoms with Gasteiger partial charge < -0.3 is 10.6 Å². The van der Waals surface area contributed by atoms with Crippen LogP contribution >= 0.6 is 27.5 Å². The molecule has 2 atom stereocenters. The topological polar surface area (TPSA) is 58.2 Å². The number of hydrogen-bond acceptors (Lipinski definition) is 2. The highest BCUT2D eigenvalue weighted by Crippen LogP contribution is 2.16. The summed E-state index contributed by atoms with van der Waals surface area (Å²) in [5.74, 6) is -0.610. The predicted molar refractivity (Wildman–Crippen MR) is 113 cm³/mol. The third-order valence-corrected chi connectivity index (χ3v) is 5.06. The molecule has 4 nitrogen and oxygen atoms in total.